The minimum absolute atomic E-state index is 0.212. The molecule has 0 fully saturated rings. The minimum Gasteiger partial charge on any atom is -0.481 e. The number of unbranched alkanes of at least 4 members (excludes halogenated alkanes) is 3. The molecular formula is C14H18O4. The molecule has 4 nitrogen and oxygen atoms in total. The molecule has 0 saturated carbocycles. The van der Waals surface area contributed by atoms with Crippen LogP contribution in [-0.4, -0.2) is 23.7 Å². The van der Waals surface area contributed by atoms with Crippen LogP contribution in [0.3, 0.4) is 0 Å². The lowest BCUT2D eigenvalue weighted by atomic mass is 10.1. The number of benzene rings is 1. The van der Waals surface area contributed by atoms with E-state index >= 15 is 0 Å². The van der Waals surface area contributed by atoms with Gasteiger partial charge in [0.25, 0.3) is 0 Å². The van der Waals surface area contributed by atoms with Gasteiger partial charge in [-0.2, -0.15) is 0 Å². The standard InChI is InChI=1S/C14H18O4/c15-13(16)10-6-1-2-7-11-18-14(17)12-8-4-3-5-9-12/h3-5,8-9H,1-2,6-7,10-11H2,(H,15,16). The number of carbonyl (C=O) groups excluding carboxylic acids is 1. The van der Waals surface area contributed by atoms with Gasteiger partial charge in [0.2, 0.25) is 0 Å². The van der Waals surface area contributed by atoms with Crippen molar-refractivity contribution >= 4 is 11.9 Å². The number of hydrogen-bond acceptors (Lipinski definition) is 3. The zero-order chi connectivity index (χ0) is 13.2. The lowest BCUT2D eigenvalue weighted by Gasteiger charge is -2.04. The molecule has 0 spiro atoms. The molecule has 1 aromatic rings. The van der Waals surface area contributed by atoms with Gasteiger partial charge in [-0.15, -0.1) is 0 Å². The van der Waals surface area contributed by atoms with Crippen molar-refractivity contribution in [1.82, 2.24) is 0 Å². The van der Waals surface area contributed by atoms with Crippen molar-refractivity contribution in [2.24, 2.45) is 0 Å². The summed E-state index contributed by atoms with van der Waals surface area (Å²) in [5, 5.41) is 8.45. The highest BCUT2D eigenvalue weighted by Gasteiger charge is 2.04. The van der Waals surface area contributed by atoms with Gasteiger partial charge in [-0.25, -0.2) is 4.79 Å². The average Bonchev–Trinajstić information content (AvgIpc) is 2.38. The highest BCUT2D eigenvalue weighted by molar-refractivity contribution is 5.89. The summed E-state index contributed by atoms with van der Waals surface area (Å²) in [6.45, 7) is 0.390. The predicted molar refractivity (Wildman–Crippen MR) is 67.4 cm³/mol. The topological polar surface area (TPSA) is 63.6 Å². The number of rotatable bonds is 8. The van der Waals surface area contributed by atoms with Crippen molar-refractivity contribution in [3.05, 3.63) is 35.9 Å². The van der Waals surface area contributed by atoms with Crippen LogP contribution in [0.15, 0.2) is 30.3 Å². The first-order chi connectivity index (χ1) is 8.70. The van der Waals surface area contributed by atoms with E-state index in [9.17, 15) is 9.59 Å². The molecule has 0 aromatic heterocycles. The summed E-state index contributed by atoms with van der Waals surface area (Å²) < 4.78 is 5.10. The van der Waals surface area contributed by atoms with E-state index in [-0.39, 0.29) is 12.4 Å². The SMILES string of the molecule is O=C(O)CCCCCCOC(=O)c1ccccc1. The Morgan fingerprint density at radius 1 is 1.00 bits per heavy atom. The Morgan fingerprint density at radius 3 is 2.33 bits per heavy atom. The molecular weight excluding hydrogens is 232 g/mol. The first-order valence-electron chi connectivity index (χ1n) is 6.14. The van der Waals surface area contributed by atoms with Crippen molar-refractivity contribution in [2.45, 2.75) is 32.1 Å². The van der Waals surface area contributed by atoms with E-state index in [1.54, 1.807) is 24.3 Å². The molecule has 1 aromatic carbocycles. The lowest BCUT2D eigenvalue weighted by molar-refractivity contribution is -0.137. The molecule has 0 saturated heterocycles. The molecule has 0 heterocycles. The van der Waals surface area contributed by atoms with Gasteiger partial charge < -0.3 is 9.84 Å². The van der Waals surface area contributed by atoms with Crippen LogP contribution in [0.2, 0.25) is 0 Å². The fraction of sp³-hybridized carbons (Fsp3) is 0.429. The van der Waals surface area contributed by atoms with Gasteiger partial charge in [-0.3, -0.25) is 4.79 Å². The molecule has 0 unspecified atom stereocenters. The summed E-state index contributed by atoms with van der Waals surface area (Å²) in [6, 6.07) is 8.87. The Labute approximate surface area is 107 Å². The Hall–Kier alpha value is -1.84. The van der Waals surface area contributed by atoms with Crippen molar-refractivity contribution in [1.29, 1.82) is 0 Å². The molecule has 4 heteroatoms. The summed E-state index contributed by atoms with van der Waals surface area (Å²) in [6.07, 6.45) is 3.41. The zero-order valence-corrected chi connectivity index (χ0v) is 10.3. The molecule has 0 bridgehead atoms. The normalized spacial score (nSPS) is 10.0. The highest BCUT2D eigenvalue weighted by atomic mass is 16.5. The van der Waals surface area contributed by atoms with Crippen LogP contribution in [0.1, 0.15) is 42.5 Å². The molecule has 1 N–H and O–H groups in total. The van der Waals surface area contributed by atoms with Gasteiger partial charge in [0, 0.05) is 6.42 Å². The van der Waals surface area contributed by atoms with Gasteiger partial charge in [0.05, 0.1) is 12.2 Å². The first kappa shape index (κ1) is 14.2. The van der Waals surface area contributed by atoms with Crippen LogP contribution >= 0.6 is 0 Å². The molecule has 0 atom stereocenters. The largest absolute Gasteiger partial charge is 0.481 e. The quantitative estimate of drug-likeness (QED) is 0.569. The number of hydrogen-bond donors (Lipinski definition) is 1. The van der Waals surface area contributed by atoms with Crippen LogP contribution < -0.4 is 0 Å². The van der Waals surface area contributed by atoms with Crippen LogP contribution in [0, 0.1) is 0 Å². The van der Waals surface area contributed by atoms with E-state index in [4.69, 9.17) is 9.84 Å². The third kappa shape index (κ3) is 6.03. The Kier molecular flexibility index (Phi) is 6.54. The third-order valence-electron chi connectivity index (χ3n) is 2.53. The van der Waals surface area contributed by atoms with E-state index in [0.29, 0.717) is 18.6 Å². The Bertz CT molecular complexity index is 373. The molecule has 18 heavy (non-hydrogen) atoms. The fourth-order valence-corrected chi connectivity index (χ4v) is 1.55. The summed E-state index contributed by atoms with van der Waals surface area (Å²) in [4.78, 5) is 21.8. The average molecular weight is 250 g/mol. The summed E-state index contributed by atoms with van der Waals surface area (Å²) in [7, 11) is 0. The van der Waals surface area contributed by atoms with E-state index in [1.807, 2.05) is 6.07 Å². The van der Waals surface area contributed by atoms with Gasteiger partial charge in [0.15, 0.2) is 0 Å². The maximum Gasteiger partial charge on any atom is 0.338 e. The first-order valence-corrected chi connectivity index (χ1v) is 6.14. The van der Waals surface area contributed by atoms with Crippen molar-refractivity contribution in [3.8, 4) is 0 Å². The molecule has 1 rings (SSSR count). The smallest absolute Gasteiger partial charge is 0.338 e. The van der Waals surface area contributed by atoms with Gasteiger partial charge in [0.1, 0.15) is 0 Å². The van der Waals surface area contributed by atoms with Crippen molar-refractivity contribution in [2.75, 3.05) is 6.61 Å². The highest BCUT2D eigenvalue weighted by Crippen LogP contribution is 2.05. The van der Waals surface area contributed by atoms with E-state index in [1.165, 1.54) is 0 Å². The van der Waals surface area contributed by atoms with Crippen LogP contribution in [0.4, 0.5) is 0 Å². The number of aliphatic carboxylic acids is 1. The summed E-state index contributed by atoms with van der Waals surface area (Å²) >= 11 is 0. The number of esters is 1. The number of carboxylic acids is 1. The number of carboxylic acid groups (broad SMARTS) is 1. The van der Waals surface area contributed by atoms with E-state index < -0.39 is 5.97 Å². The third-order valence-corrected chi connectivity index (χ3v) is 2.53. The summed E-state index contributed by atoms with van der Waals surface area (Å²) in [5.41, 5.74) is 0.559. The van der Waals surface area contributed by atoms with Crippen molar-refractivity contribution in [3.63, 3.8) is 0 Å². The van der Waals surface area contributed by atoms with Crippen LogP contribution in [-0.2, 0) is 9.53 Å². The van der Waals surface area contributed by atoms with E-state index in [2.05, 4.69) is 0 Å². The number of ether oxygens (including phenoxy) is 1. The maximum atomic E-state index is 11.5. The van der Waals surface area contributed by atoms with E-state index in [0.717, 1.165) is 19.3 Å². The monoisotopic (exact) mass is 250 g/mol. The van der Waals surface area contributed by atoms with Gasteiger partial charge in [-0.05, 0) is 25.0 Å². The van der Waals surface area contributed by atoms with Crippen LogP contribution in [0.25, 0.3) is 0 Å². The lowest BCUT2D eigenvalue weighted by Crippen LogP contribution is -2.06. The second kappa shape index (κ2) is 8.28. The maximum absolute atomic E-state index is 11.5. The van der Waals surface area contributed by atoms with Crippen molar-refractivity contribution < 1.29 is 19.4 Å². The number of carbonyl (C=O) groups is 2. The molecule has 0 amide bonds. The molecule has 0 radical (unpaired) electrons. The Balaban J connectivity index is 2.05. The zero-order valence-electron chi connectivity index (χ0n) is 10.3. The molecule has 98 valence electrons. The molecule has 0 aliphatic carbocycles. The minimum atomic E-state index is -0.759. The second-order valence-corrected chi connectivity index (χ2v) is 4.06. The fourth-order valence-electron chi connectivity index (χ4n) is 1.55. The Morgan fingerprint density at radius 2 is 1.67 bits per heavy atom. The second-order valence-electron chi connectivity index (χ2n) is 4.06. The predicted octanol–water partition coefficient (Wildman–Crippen LogP) is 2.88. The molecule has 0 aliphatic rings. The van der Waals surface area contributed by atoms with Gasteiger partial charge in [-0.1, -0.05) is 31.0 Å². The van der Waals surface area contributed by atoms with Crippen LogP contribution in [0.5, 0.6) is 0 Å². The molecule has 0 aliphatic heterocycles. The summed E-state index contributed by atoms with van der Waals surface area (Å²) in [5.74, 6) is -1.06. The van der Waals surface area contributed by atoms with Gasteiger partial charge >= 0.3 is 11.9 Å².